The largest absolute Gasteiger partial charge is 0.496 e. The minimum Gasteiger partial charge on any atom is -0.496 e. The number of hydrogen-bond acceptors (Lipinski definition) is 5. The molecule has 46 heavy (non-hydrogen) atoms. The third kappa shape index (κ3) is 4.78. The Hall–Kier alpha value is -3.96. The van der Waals surface area contributed by atoms with Gasteiger partial charge in [0.05, 0.1) is 21.3 Å². The highest BCUT2D eigenvalue weighted by Crippen LogP contribution is 2.69. The molecule has 5 nitrogen and oxygen atoms in total. The highest BCUT2D eigenvalue weighted by molar-refractivity contribution is 5.64. The van der Waals surface area contributed by atoms with Gasteiger partial charge in [0.15, 0.2) is 11.5 Å². The van der Waals surface area contributed by atoms with Crippen molar-refractivity contribution >= 4 is 0 Å². The first-order chi connectivity index (χ1) is 22.2. The first-order valence-electron chi connectivity index (χ1n) is 16.7. The maximum atomic E-state index is 6.47. The van der Waals surface area contributed by atoms with Crippen LogP contribution in [-0.4, -0.2) is 34.5 Å². The van der Waals surface area contributed by atoms with Gasteiger partial charge in [-0.25, -0.2) is 0 Å². The van der Waals surface area contributed by atoms with E-state index in [1.807, 2.05) is 24.3 Å². The Balaban J connectivity index is 1.43. The summed E-state index contributed by atoms with van der Waals surface area (Å²) < 4.78 is 30.9. The molecule has 6 aliphatic carbocycles. The molecule has 0 amide bonds. The number of rotatable bonds is 3. The van der Waals surface area contributed by atoms with E-state index in [0.29, 0.717) is 35.2 Å². The van der Waals surface area contributed by atoms with E-state index in [0.717, 1.165) is 41.2 Å². The van der Waals surface area contributed by atoms with Crippen LogP contribution in [-0.2, 0) is 0 Å². The van der Waals surface area contributed by atoms with Crippen molar-refractivity contribution in [3.8, 4) is 52.4 Å². The van der Waals surface area contributed by atoms with E-state index in [2.05, 4.69) is 69.6 Å². The molecule has 2 aromatic carbocycles. The maximum absolute atomic E-state index is 6.47. The molecule has 7 aliphatic rings. The molecule has 6 fully saturated rings. The number of allylic oxidation sites excluding steroid dienone is 4. The van der Waals surface area contributed by atoms with Crippen LogP contribution in [0.5, 0.6) is 28.7 Å². The van der Waals surface area contributed by atoms with E-state index in [-0.39, 0.29) is 35.9 Å². The molecule has 0 N–H and O–H groups in total. The van der Waals surface area contributed by atoms with Crippen LogP contribution >= 0.6 is 0 Å². The standard InChI is InChI=1S/C41H46O5/c1-40(2)25-20-29-27(31(40)22-25)14-10-12-18-45-33-16-8-9-17-34(33)46-19-13-11-15-28-30(21-26-23-32(28)41(26,3)4)38-36(43-6)24-35(42-5)37(29)39(38)44-7/h8-9,14-17,24-26,29-32H,18-23H2,1-7H3/b27-14+,28-15?/t25-,26-,29-,30-,31-,32-/m0/s1. The first kappa shape index (κ1) is 30.7. The predicted octanol–water partition coefficient (Wildman–Crippen LogP) is 8.34. The van der Waals surface area contributed by atoms with Crippen molar-refractivity contribution in [1.82, 2.24) is 0 Å². The molecule has 6 bridgehead atoms. The van der Waals surface area contributed by atoms with Gasteiger partial charge in [-0.1, -0.05) is 74.7 Å². The molecule has 2 aromatic rings. The number of para-hydroxylation sites is 2. The smallest absolute Gasteiger partial charge is 0.162 e. The minimum atomic E-state index is 0.138. The fourth-order valence-electron chi connectivity index (χ4n) is 9.39. The van der Waals surface area contributed by atoms with Gasteiger partial charge >= 0.3 is 0 Å². The summed E-state index contributed by atoms with van der Waals surface area (Å²) in [6, 6.07) is 9.83. The van der Waals surface area contributed by atoms with Gasteiger partial charge in [-0.15, -0.1) is 0 Å². The molecule has 9 rings (SSSR count). The molecule has 6 atom stereocenters. The fourth-order valence-corrected chi connectivity index (χ4v) is 9.39. The second-order valence-electron chi connectivity index (χ2n) is 14.8. The molecule has 0 saturated heterocycles. The molecule has 1 aliphatic heterocycles. The van der Waals surface area contributed by atoms with Crippen molar-refractivity contribution < 1.29 is 23.7 Å². The van der Waals surface area contributed by atoms with Gasteiger partial charge in [0.25, 0.3) is 0 Å². The molecule has 0 unspecified atom stereocenters. The number of fused-ring (bicyclic) bond motifs is 3. The monoisotopic (exact) mass is 618 g/mol. The van der Waals surface area contributed by atoms with Gasteiger partial charge < -0.3 is 23.7 Å². The van der Waals surface area contributed by atoms with E-state index in [1.165, 1.54) is 24.0 Å². The lowest BCUT2D eigenvalue weighted by atomic mass is 9.44. The summed E-state index contributed by atoms with van der Waals surface area (Å²) in [4.78, 5) is 0. The molecule has 0 radical (unpaired) electrons. The topological polar surface area (TPSA) is 46.2 Å². The summed E-state index contributed by atoms with van der Waals surface area (Å²) in [6.07, 6.45) is 8.78. The summed E-state index contributed by atoms with van der Waals surface area (Å²) in [6.45, 7) is 10.2. The molecule has 1 heterocycles. The Bertz CT molecular complexity index is 1600. The van der Waals surface area contributed by atoms with Crippen molar-refractivity contribution in [2.24, 2.45) is 34.5 Å². The van der Waals surface area contributed by atoms with Crippen LogP contribution in [0.1, 0.15) is 76.3 Å². The van der Waals surface area contributed by atoms with Crippen LogP contribution < -0.4 is 23.7 Å². The molecule has 6 saturated carbocycles. The summed E-state index contributed by atoms with van der Waals surface area (Å²) in [7, 11) is 5.31. The zero-order valence-corrected chi connectivity index (χ0v) is 28.3. The fraction of sp³-hybridized carbons (Fsp3) is 0.512. The van der Waals surface area contributed by atoms with Crippen LogP contribution in [0.2, 0.25) is 0 Å². The number of hydrogen-bond donors (Lipinski definition) is 0. The van der Waals surface area contributed by atoms with Gasteiger partial charge in [-0.05, 0) is 84.5 Å². The SMILES string of the molecule is COc1cc(OC)c2c(OC)c1[C@H]1C[C@H]3C[C@@H](C1=CC#CCOc1ccccc1OCC#C/C=C1\[C@@H]2C[C@H]2C[C@@H]1C2(C)C)C3(C)C. The second kappa shape index (κ2) is 11.7. The Kier molecular flexibility index (Phi) is 7.79. The number of ether oxygens (including phenoxy) is 5. The van der Waals surface area contributed by atoms with Crippen LogP contribution in [0.3, 0.4) is 0 Å². The zero-order chi connectivity index (χ0) is 32.2. The van der Waals surface area contributed by atoms with Crippen LogP contribution in [0.15, 0.2) is 53.6 Å². The maximum Gasteiger partial charge on any atom is 0.162 e. The quantitative estimate of drug-likeness (QED) is 0.324. The van der Waals surface area contributed by atoms with Crippen LogP contribution in [0, 0.1) is 58.2 Å². The summed E-state index contributed by atoms with van der Waals surface area (Å²) >= 11 is 0. The average Bonchev–Trinajstić information content (AvgIpc) is 3.06. The normalized spacial score (nSPS) is 30.8. The lowest BCUT2D eigenvalue weighted by Crippen LogP contribution is -2.51. The van der Waals surface area contributed by atoms with Gasteiger partial charge in [0.1, 0.15) is 30.5 Å². The molecule has 0 aromatic heterocycles. The van der Waals surface area contributed by atoms with E-state index >= 15 is 0 Å². The van der Waals surface area contributed by atoms with Crippen molar-refractivity contribution in [3.05, 3.63) is 64.8 Å². The van der Waals surface area contributed by atoms with Gasteiger partial charge in [0.2, 0.25) is 0 Å². The molecule has 5 heteroatoms. The third-order valence-corrected chi connectivity index (χ3v) is 12.3. The molecular weight excluding hydrogens is 572 g/mol. The van der Waals surface area contributed by atoms with Gasteiger partial charge in [0, 0.05) is 29.0 Å². The lowest BCUT2D eigenvalue weighted by Gasteiger charge is -2.61. The molecule has 0 spiro atoms. The van der Waals surface area contributed by atoms with E-state index < -0.39 is 0 Å². The third-order valence-electron chi connectivity index (χ3n) is 12.3. The van der Waals surface area contributed by atoms with Crippen molar-refractivity contribution in [1.29, 1.82) is 0 Å². The highest BCUT2D eigenvalue weighted by atomic mass is 16.5. The second-order valence-corrected chi connectivity index (χ2v) is 14.8. The van der Waals surface area contributed by atoms with Crippen molar-refractivity contribution in [2.75, 3.05) is 34.5 Å². The summed E-state index contributed by atoms with van der Waals surface area (Å²) in [5, 5.41) is 0. The van der Waals surface area contributed by atoms with Crippen LogP contribution in [0.25, 0.3) is 0 Å². The van der Waals surface area contributed by atoms with Gasteiger partial charge in [-0.3, -0.25) is 0 Å². The number of benzene rings is 2. The van der Waals surface area contributed by atoms with E-state index in [4.69, 9.17) is 23.7 Å². The van der Waals surface area contributed by atoms with E-state index in [9.17, 15) is 0 Å². The lowest BCUT2D eigenvalue weighted by molar-refractivity contribution is -0.0366. The Morgan fingerprint density at radius 2 is 1.11 bits per heavy atom. The minimum absolute atomic E-state index is 0.138. The Morgan fingerprint density at radius 1 is 0.652 bits per heavy atom. The summed E-state index contributed by atoms with van der Waals surface area (Å²) in [5.41, 5.74) is 5.44. The van der Waals surface area contributed by atoms with Crippen molar-refractivity contribution in [3.63, 3.8) is 0 Å². The molecular formula is C41H46O5. The van der Waals surface area contributed by atoms with E-state index in [1.54, 1.807) is 21.3 Å². The van der Waals surface area contributed by atoms with Gasteiger partial charge in [-0.2, -0.15) is 0 Å². The Labute approximate surface area is 274 Å². The zero-order valence-electron chi connectivity index (χ0n) is 28.3. The first-order valence-corrected chi connectivity index (χ1v) is 16.7. The summed E-state index contributed by atoms with van der Waals surface area (Å²) in [5.74, 6) is 19.6. The average molecular weight is 619 g/mol. The van der Waals surface area contributed by atoms with Crippen LogP contribution in [0.4, 0.5) is 0 Å². The number of methoxy groups -OCH3 is 3. The Morgan fingerprint density at radius 3 is 1.50 bits per heavy atom. The van der Waals surface area contributed by atoms with Crippen molar-refractivity contribution in [2.45, 2.75) is 65.2 Å². The predicted molar refractivity (Wildman–Crippen MR) is 181 cm³/mol. The molecule has 240 valence electrons. The highest BCUT2D eigenvalue weighted by Gasteiger charge is 2.58.